The number of hydrogen-bond donors (Lipinski definition) is 1. The van der Waals surface area contributed by atoms with Crippen molar-refractivity contribution < 1.29 is 4.74 Å². The van der Waals surface area contributed by atoms with E-state index in [2.05, 4.69) is 34.3 Å². The molecule has 2 aromatic heterocycles. The minimum atomic E-state index is 0.213. The predicted molar refractivity (Wildman–Crippen MR) is 85.7 cm³/mol. The minimum absolute atomic E-state index is 0.213. The van der Waals surface area contributed by atoms with Crippen molar-refractivity contribution in [3.8, 4) is 5.88 Å². The fraction of sp³-hybridized carbons (Fsp3) is 0.250. The maximum Gasteiger partial charge on any atom is 0.212 e. The van der Waals surface area contributed by atoms with Crippen LogP contribution < -0.4 is 10.1 Å². The summed E-state index contributed by atoms with van der Waals surface area (Å²) in [6, 6.07) is 12.3. The smallest absolute Gasteiger partial charge is 0.212 e. The second-order valence-electron chi connectivity index (χ2n) is 4.83. The second-order valence-corrected chi connectivity index (χ2v) is 5.89. The average Bonchev–Trinajstić information content (AvgIpc) is 2.97. The molecule has 21 heavy (non-hydrogen) atoms. The van der Waals surface area contributed by atoms with Crippen molar-refractivity contribution in [1.82, 2.24) is 15.3 Å². The van der Waals surface area contributed by atoms with E-state index in [1.165, 1.54) is 4.70 Å². The molecule has 3 rings (SSSR count). The molecule has 0 aliphatic rings. The molecule has 3 aromatic rings. The zero-order valence-corrected chi connectivity index (χ0v) is 12.9. The first-order valence-electron chi connectivity index (χ1n) is 6.84. The number of benzene rings is 1. The Morgan fingerprint density at radius 1 is 1.24 bits per heavy atom. The number of methoxy groups -OCH3 is 1. The summed E-state index contributed by atoms with van der Waals surface area (Å²) in [6.07, 6.45) is 1.83. The molecule has 1 N–H and O–H groups in total. The molecule has 1 unspecified atom stereocenters. The van der Waals surface area contributed by atoms with Gasteiger partial charge in [0.25, 0.3) is 0 Å². The van der Waals surface area contributed by atoms with Crippen LogP contribution in [0, 0.1) is 0 Å². The van der Waals surface area contributed by atoms with Crippen LogP contribution in [0.4, 0.5) is 0 Å². The third-order valence-electron chi connectivity index (χ3n) is 3.30. The molecule has 0 amide bonds. The Bertz CT molecular complexity index is 691. The second kappa shape index (κ2) is 6.20. The molecular formula is C16H17N3OS. The number of nitrogens with one attached hydrogen (secondary N) is 1. The van der Waals surface area contributed by atoms with E-state index in [1.807, 2.05) is 30.5 Å². The molecule has 0 saturated heterocycles. The number of nitrogens with zero attached hydrogens (tertiary/aromatic N) is 2. The summed E-state index contributed by atoms with van der Waals surface area (Å²) < 4.78 is 6.29. The van der Waals surface area contributed by atoms with Gasteiger partial charge in [0.05, 0.1) is 23.4 Å². The van der Waals surface area contributed by atoms with Gasteiger partial charge in [0, 0.05) is 18.8 Å². The molecule has 5 heteroatoms. The maximum absolute atomic E-state index is 5.06. The Kier molecular flexibility index (Phi) is 4.13. The number of thiazole rings is 1. The monoisotopic (exact) mass is 299 g/mol. The van der Waals surface area contributed by atoms with E-state index in [4.69, 9.17) is 4.74 Å². The third kappa shape index (κ3) is 3.20. The molecule has 0 radical (unpaired) electrons. The fourth-order valence-corrected chi connectivity index (χ4v) is 3.06. The Morgan fingerprint density at radius 2 is 2.10 bits per heavy atom. The van der Waals surface area contributed by atoms with Gasteiger partial charge in [-0.05, 0) is 24.6 Å². The van der Waals surface area contributed by atoms with Crippen LogP contribution in [0.3, 0.4) is 0 Å². The summed E-state index contributed by atoms with van der Waals surface area (Å²) in [7, 11) is 1.62. The summed E-state index contributed by atoms with van der Waals surface area (Å²) in [5.74, 6) is 0.637. The van der Waals surface area contributed by atoms with Crippen LogP contribution in [-0.2, 0) is 6.54 Å². The minimum Gasteiger partial charge on any atom is -0.481 e. The fourth-order valence-electron chi connectivity index (χ4n) is 2.07. The normalized spacial score (nSPS) is 12.5. The first-order valence-corrected chi connectivity index (χ1v) is 7.65. The first kappa shape index (κ1) is 14.0. The topological polar surface area (TPSA) is 47.0 Å². The highest BCUT2D eigenvalue weighted by molar-refractivity contribution is 7.18. The number of hydrogen-bond acceptors (Lipinski definition) is 5. The van der Waals surface area contributed by atoms with Gasteiger partial charge in [0.2, 0.25) is 5.88 Å². The van der Waals surface area contributed by atoms with Crippen LogP contribution in [0.25, 0.3) is 10.2 Å². The lowest BCUT2D eigenvalue weighted by molar-refractivity contribution is 0.397. The van der Waals surface area contributed by atoms with E-state index in [9.17, 15) is 0 Å². The number of pyridine rings is 1. The molecule has 1 atom stereocenters. The lowest BCUT2D eigenvalue weighted by Gasteiger charge is -2.11. The Balaban J connectivity index is 1.66. The summed E-state index contributed by atoms with van der Waals surface area (Å²) in [4.78, 5) is 8.88. The molecule has 1 aromatic carbocycles. The first-order chi connectivity index (χ1) is 10.3. The van der Waals surface area contributed by atoms with Crippen LogP contribution in [0.1, 0.15) is 23.5 Å². The molecule has 0 fully saturated rings. The molecule has 2 heterocycles. The summed E-state index contributed by atoms with van der Waals surface area (Å²) in [5, 5.41) is 4.59. The molecule has 0 aliphatic heterocycles. The largest absolute Gasteiger partial charge is 0.481 e. The van der Waals surface area contributed by atoms with Crippen molar-refractivity contribution >= 4 is 21.6 Å². The number of fused-ring (bicyclic) bond motifs is 1. The van der Waals surface area contributed by atoms with E-state index >= 15 is 0 Å². The van der Waals surface area contributed by atoms with Crippen molar-refractivity contribution in [3.63, 3.8) is 0 Å². The van der Waals surface area contributed by atoms with E-state index in [-0.39, 0.29) is 6.04 Å². The van der Waals surface area contributed by atoms with Crippen LogP contribution in [0.15, 0.2) is 42.6 Å². The van der Waals surface area contributed by atoms with Gasteiger partial charge in [-0.2, -0.15) is 0 Å². The quantitative estimate of drug-likeness (QED) is 0.782. The Hall–Kier alpha value is -1.98. The third-order valence-corrected chi connectivity index (χ3v) is 4.52. The Labute approximate surface area is 127 Å². The lowest BCUT2D eigenvalue weighted by Crippen LogP contribution is -2.17. The van der Waals surface area contributed by atoms with Crippen molar-refractivity contribution in [1.29, 1.82) is 0 Å². The van der Waals surface area contributed by atoms with E-state index in [1.54, 1.807) is 18.4 Å². The molecule has 108 valence electrons. The van der Waals surface area contributed by atoms with Gasteiger partial charge in [-0.3, -0.25) is 0 Å². The standard InChI is InChI=1S/C16H17N3OS/c1-11(16-19-13-5-3-4-6-14(13)21-16)17-9-12-7-8-15(20-2)18-10-12/h3-8,10-11,17H,9H2,1-2H3. The maximum atomic E-state index is 5.06. The van der Waals surface area contributed by atoms with Gasteiger partial charge < -0.3 is 10.1 Å². The molecule has 0 bridgehead atoms. The van der Waals surface area contributed by atoms with Gasteiger partial charge in [-0.1, -0.05) is 18.2 Å². The van der Waals surface area contributed by atoms with Crippen molar-refractivity contribution in [3.05, 3.63) is 53.2 Å². The highest BCUT2D eigenvalue weighted by Crippen LogP contribution is 2.26. The van der Waals surface area contributed by atoms with Crippen LogP contribution >= 0.6 is 11.3 Å². The molecule has 0 spiro atoms. The van der Waals surface area contributed by atoms with Gasteiger partial charge in [-0.15, -0.1) is 11.3 Å². The van der Waals surface area contributed by atoms with Crippen LogP contribution in [-0.4, -0.2) is 17.1 Å². The average molecular weight is 299 g/mol. The zero-order chi connectivity index (χ0) is 14.7. The van der Waals surface area contributed by atoms with Crippen molar-refractivity contribution in [2.45, 2.75) is 19.5 Å². The van der Waals surface area contributed by atoms with Gasteiger partial charge in [-0.25, -0.2) is 9.97 Å². The van der Waals surface area contributed by atoms with Crippen molar-refractivity contribution in [2.75, 3.05) is 7.11 Å². The molecule has 0 saturated carbocycles. The number of ether oxygens (including phenoxy) is 1. The molecule has 4 nitrogen and oxygen atoms in total. The SMILES string of the molecule is COc1ccc(CNC(C)c2nc3ccccc3s2)cn1. The van der Waals surface area contributed by atoms with Gasteiger partial charge in [0.1, 0.15) is 5.01 Å². The van der Waals surface area contributed by atoms with Gasteiger partial charge >= 0.3 is 0 Å². The van der Waals surface area contributed by atoms with E-state index < -0.39 is 0 Å². The predicted octanol–water partition coefficient (Wildman–Crippen LogP) is 3.55. The summed E-state index contributed by atoms with van der Waals surface area (Å²) in [6.45, 7) is 2.89. The molecular weight excluding hydrogens is 282 g/mol. The van der Waals surface area contributed by atoms with E-state index in [0.717, 1.165) is 22.6 Å². The van der Waals surface area contributed by atoms with E-state index in [0.29, 0.717) is 5.88 Å². The zero-order valence-electron chi connectivity index (χ0n) is 12.0. The molecule has 0 aliphatic carbocycles. The summed E-state index contributed by atoms with van der Waals surface area (Å²) >= 11 is 1.74. The number of para-hydroxylation sites is 1. The van der Waals surface area contributed by atoms with Gasteiger partial charge in [0.15, 0.2) is 0 Å². The Morgan fingerprint density at radius 3 is 2.81 bits per heavy atom. The van der Waals surface area contributed by atoms with Crippen molar-refractivity contribution in [2.24, 2.45) is 0 Å². The summed E-state index contributed by atoms with van der Waals surface area (Å²) in [5.41, 5.74) is 2.20. The number of rotatable bonds is 5. The highest BCUT2D eigenvalue weighted by Gasteiger charge is 2.10. The van der Waals surface area contributed by atoms with Crippen LogP contribution in [0.2, 0.25) is 0 Å². The van der Waals surface area contributed by atoms with Crippen LogP contribution in [0.5, 0.6) is 5.88 Å². The number of aromatic nitrogens is 2. The lowest BCUT2D eigenvalue weighted by atomic mass is 10.2. The highest BCUT2D eigenvalue weighted by atomic mass is 32.1.